The molecule has 0 fully saturated rings. The maximum atomic E-state index is 10.4. The maximum Gasteiger partial charge on any atom is 0.291 e. The van der Waals surface area contributed by atoms with E-state index < -0.39 is 16.1 Å². The Morgan fingerprint density at radius 1 is 1.70 bits per heavy atom. The van der Waals surface area contributed by atoms with Gasteiger partial charge in [0.25, 0.3) is 10.1 Å². The second kappa shape index (κ2) is 3.87. The van der Waals surface area contributed by atoms with E-state index in [1.54, 1.807) is 6.92 Å². The van der Waals surface area contributed by atoms with Crippen LogP contribution in [0.4, 0.5) is 0 Å². The average Bonchev–Trinajstić information content (AvgIpc) is 1.85. The summed E-state index contributed by atoms with van der Waals surface area (Å²) >= 11 is 0. The highest BCUT2D eigenvalue weighted by Gasteiger charge is 2.08. The van der Waals surface area contributed by atoms with Gasteiger partial charge < -0.3 is 10.8 Å². The first kappa shape index (κ1) is 9.83. The molecular formula is C4H11NO4S. The monoisotopic (exact) mass is 169 g/mol. The van der Waals surface area contributed by atoms with Gasteiger partial charge in [-0.05, 0) is 6.92 Å². The van der Waals surface area contributed by atoms with Crippen LogP contribution in [0, 0.1) is 0 Å². The predicted octanol–water partition coefficient (Wildman–Crippen LogP) is -1.37. The van der Waals surface area contributed by atoms with Crippen molar-refractivity contribution >= 4 is 10.1 Å². The number of hydrogen-bond donors (Lipinski definition) is 2. The Kier molecular flexibility index (Phi) is 3.80. The second-order valence-electron chi connectivity index (χ2n) is 1.95. The predicted molar refractivity (Wildman–Crippen MR) is 35.6 cm³/mol. The molecule has 0 radical (unpaired) electrons. The van der Waals surface area contributed by atoms with E-state index in [2.05, 4.69) is 4.18 Å². The molecule has 0 rings (SSSR count). The van der Waals surface area contributed by atoms with Crippen LogP contribution in [0.1, 0.15) is 6.92 Å². The minimum Gasteiger partial charge on any atom is -0.378 e. The summed E-state index contributed by atoms with van der Waals surface area (Å²) < 4.78 is 25.0. The lowest BCUT2D eigenvalue weighted by Crippen LogP contribution is -2.25. The molecule has 0 saturated heterocycles. The van der Waals surface area contributed by atoms with Gasteiger partial charge in [0.2, 0.25) is 0 Å². The van der Waals surface area contributed by atoms with Crippen molar-refractivity contribution in [1.82, 2.24) is 0 Å². The molecule has 3 N–H and O–H groups in total. The largest absolute Gasteiger partial charge is 0.378 e. The highest BCUT2D eigenvalue weighted by molar-refractivity contribution is 7.86. The van der Waals surface area contributed by atoms with Gasteiger partial charge in [-0.1, -0.05) is 0 Å². The summed E-state index contributed by atoms with van der Waals surface area (Å²) in [6.45, 7) is 1.51. The number of rotatable bonds is 4. The molecule has 0 bridgehead atoms. The van der Waals surface area contributed by atoms with Gasteiger partial charge in [0.1, 0.15) is 0 Å². The maximum absolute atomic E-state index is 10.4. The standard InChI is InChI=1S/C4H11NO4S/c1-4(5)2-9-10(7,8)3-6/h4,6H,2-3,5H2,1H3. The van der Waals surface area contributed by atoms with Gasteiger partial charge in [-0.25, -0.2) is 0 Å². The zero-order valence-corrected chi connectivity index (χ0v) is 6.47. The van der Waals surface area contributed by atoms with E-state index in [0.717, 1.165) is 0 Å². The first-order chi connectivity index (χ1) is 4.48. The van der Waals surface area contributed by atoms with E-state index in [-0.39, 0.29) is 12.6 Å². The molecule has 0 aliphatic rings. The summed E-state index contributed by atoms with van der Waals surface area (Å²) in [4.78, 5) is 0. The fraction of sp³-hybridized carbons (Fsp3) is 1.00. The van der Waals surface area contributed by atoms with E-state index in [0.29, 0.717) is 0 Å². The topological polar surface area (TPSA) is 89.6 Å². The van der Waals surface area contributed by atoms with Gasteiger partial charge in [-0.15, -0.1) is 0 Å². The van der Waals surface area contributed by atoms with Crippen molar-refractivity contribution in [1.29, 1.82) is 0 Å². The zero-order valence-electron chi connectivity index (χ0n) is 5.65. The molecule has 1 unspecified atom stereocenters. The Bertz CT molecular complexity index is 174. The van der Waals surface area contributed by atoms with Gasteiger partial charge >= 0.3 is 0 Å². The van der Waals surface area contributed by atoms with Crippen LogP contribution in [0.25, 0.3) is 0 Å². The molecule has 62 valence electrons. The Morgan fingerprint density at radius 3 is 2.50 bits per heavy atom. The van der Waals surface area contributed by atoms with Crippen LogP contribution in [0.5, 0.6) is 0 Å². The quantitative estimate of drug-likeness (QED) is 0.507. The molecule has 1 atom stereocenters. The lowest BCUT2D eigenvalue weighted by molar-refractivity contribution is 0.267. The van der Waals surface area contributed by atoms with Gasteiger partial charge in [0, 0.05) is 6.04 Å². The van der Waals surface area contributed by atoms with Crippen molar-refractivity contribution in [2.75, 3.05) is 12.5 Å². The molecule has 0 aromatic rings. The third-order valence-corrected chi connectivity index (χ3v) is 1.48. The van der Waals surface area contributed by atoms with Crippen molar-refractivity contribution in [3.8, 4) is 0 Å². The van der Waals surface area contributed by atoms with Crippen LogP contribution in [0.2, 0.25) is 0 Å². The Hall–Kier alpha value is -0.170. The number of nitrogens with two attached hydrogens (primary N) is 1. The van der Waals surface area contributed by atoms with Crippen LogP contribution >= 0.6 is 0 Å². The van der Waals surface area contributed by atoms with Crippen LogP contribution in [-0.4, -0.2) is 32.1 Å². The number of aliphatic hydroxyl groups excluding tert-OH is 1. The van der Waals surface area contributed by atoms with E-state index in [1.807, 2.05) is 0 Å². The lowest BCUT2D eigenvalue weighted by Gasteiger charge is -2.04. The van der Waals surface area contributed by atoms with Crippen molar-refractivity contribution in [3.05, 3.63) is 0 Å². The molecule has 0 aromatic heterocycles. The van der Waals surface area contributed by atoms with Gasteiger partial charge in [-0.3, -0.25) is 4.18 Å². The van der Waals surface area contributed by atoms with Crippen LogP contribution in [-0.2, 0) is 14.3 Å². The van der Waals surface area contributed by atoms with Crippen LogP contribution in [0.15, 0.2) is 0 Å². The van der Waals surface area contributed by atoms with Gasteiger partial charge in [0.05, 0.1) is 6.61 Å². The van der Waals surface area contributed by atoms with Crippen LogP contribution < -0.4 is 5.73 Å². The molecule has 0 spiro atoms. The molecule has 0 aliphatic carbocycles. The number of hydrogen-bond acceptors (Lipinski definition) is 5. The fourth-order valence-electron chi connectivity index (χ4n) is 0.248. The smallest absolute Gasteiger partial charge is 0.291 e. The van der Waals surface area contributed by atoms with E-state index >= 15 is 0 Å². The third kappa shape index (κ3) is 4.68. The van der Waals surface area contributed by atoms with E-state index in [9.17, 15) is 8.42 Å². The van der Waals surface area contributed by atoms with E-state index in [1.165, 1.54) is 0 Å². The molecule has 0 saturated carbocycles. The second-order valence-corrected chi connectivity index (χ2v) is 3.56. The average molecular weight is 169 g/mol. The normalized spacial score (nSPS) is 15.1. The Balaban J connectivity index is 3.70. The molecule has 0 heterocycles. The van der Waals surface area contributed by atoms with Crippen molar-refractivity contribution < 1.29 is 17.7 Å². The molecule has 0 aliphatic heterocycles. The summed E-state index contributed by atoms with van der Waals surface area (Å²) in [5.74, 6) is -1.00. The molecule has 0 aromatic carbocycles. The van der Waals surface area contributed by atoms with Crippen molar-refractivity contribution in [2.45, 2.75) is 13.0 Å². The minimum atomic E-state index is -3.74. The third-order valence-electron chi connectivity index (χ3n) is 0.669. The van der Waals surface area contributed by atoms with Gasteiger partial charge in [0.15, 0.2) is 5.94 Å². The highest BCUT2D eigenvalue weighted by atomic mass is 32.2. The van der Waals surface area contributed by atoms with Crippen molar-refractivity contribution in [3.63, 3.8) is 0 Å². The SMILES string of the molecule is CC(N)COS(=O)(=O)CO. The summed E-state index contributed by atoms with van der Waals surface area (Å²) in [5, 5.41) is 8.15. The first-order valence-electron chi connectivity index (χ1n) is 2.71. The summed E-state index contributed by atoms with van der Waals surface area (Å²) in [6, 6.07) is -0.346. The summed E-state index contributed by atoms with van der Waals surface area (Å²) in [6.07, 6.45) is 0. The minimum absolute atomic E-state index is 0.0944. The first-order valence-corrected chi connectivity index (χ1v) is 4.29. The Labute approximate surface area is 59.9 Å². The van der Waals surface area contributed by atoms with Crippen LogP contribution in [0.3, 0.4) is 0 Å². The molecule has 6 heteroatoms. The molecule has 10 heavy (non-hydrogen) atoms. The Morgan fingerprint density at radius 2 is 2.20 bits per heavy atom. The van der Waals surface area contributed by atoms with Crippen molar-refractivity contribution in [2.24, 2.45) is 5.73 Å². The highest BCUT2D eigenvalue weighted by Crippen LogP contribution is 1.91. The molecule has 5 nitrogen and oxygen atoms in total. The van der Waals surface area contributed by atoms with E-state index in [4.69, 9.17) is 10.8 Å². The number of aliphatic hydroxyl groups is 1. The summed E-state index contributed by atoms with van der Waals surface area (Å²) in [5.41, 5.74) is 5.18. The molecular weight excluding hydrogens is 158 g/mol. The zero-order chi connectivity index (χ0) is 8.20. The van der Waals surface area contributed by atoms with Gasteiger partial charge in [-0.2, -0.15) is 8.42 Å². The summed E-state index contributed by atoms with van der Waals surface area (Å²) in [7, 11) is -3.74. The fourth-order valence-corrected chi connectivity index (χ4v) is 0.745. The lowest BCUT2D eigenvalue weighted by atomic mass is 10.4. The molecule has 0 amide bonds.